The first-order valence-electron chi connectivity index (χ1n) is 11.9. The highest BCUT2D eigenvalue weighted by atomic mass is 32.2. The van der Waals surface area contributed by atoms with E-state index in [1.54, 1.807) is 0 Å². The Morgan fingerprint density at radius 3 is 2.39 bits per heavy atom. The van der Waals surface area contributed by atoms with E-state index in [-0.39, 0.29) is 11.5 Å². The van der Waals surface area contributed by atoms with Gasteiger partial charge in [-0.25, -0.2) is 9.71 Å². The van der Waals surface area contributed by atoms with Crippen molar-refractivity contribution < 1.29 is 8.42 Å². The van der Waals surface area contributed by atoms with Crippen molar-refractivity contribution >= 4 is 26.8 Å². The van der Waals surface area contributed by atoms with Crippen LogP contribution in [0.3, 0.4) is 0 Å². The van der Waals surface area contributed by atoms with Crippen LogP contribution >= 0.6 is 0 Å². The van der Waals surface area contributed by atoms with Gasteiger partial charge in [-0.15, -0.1) is 0 Å². The van der Waals surface area contributed by atoms with E-state index >= 15 is 0 Å². The monoisotopic (exact) mass is 464 g/mol. The summed E-state index contributed by atoms with van der Waals surface area (Å²) in [4.78, 5) is 4.61. The minimum Gasteiger partial charge on any atom is -0.369 e. The molecule has 33 heavy (non-hydrogen) atoms. The molecule has 7 heteroatoms. The Morgan fingerprint density at radius 1 is 0.909 bits per heavy atom. The van der Waals surface area contributed by atoms with Gasteiger partial charge in [0.15, 0.2) is 0 Å². The zero-order chi connectivity index (χ0) is 22.7. The summed E-state index contributed by atoms with van der Waals surface area (Å²) in [5, 5.41) is 5.92. The number of nitrogens with zero attached hydrogens (tertiary/aromatic N) is 1. The van der Waals surface area contributed by atoms with Crippen LogP contribution in [0.1, 0.15) is 44.1 Å². The number of benzene rings is 2. The molecule has 2 saturated carbocycles. The average Bonchev–Trinajstić information content (AvgIpc) is 3.68. The van der Waals surface area contributed by atoms with Gasteiger partial charge >= 0.3 is 0 Å². The number of anilines is 1. The normalized spacial score (nSPS) is 23.5. The quantitative estimate of drug-likeness (QED) is 0.439. The van der Waals surface area contributed by atoms with Crippen LogP contribution in [0.2, 0.25) is 0 Å². The fraction of sp³-hybridized carbons (Fsp3) is 0.423. The molecule has 0 radical (unpaired) electrons. The Balaban J connectivity index is 1.30. The molecule has 0 saturated heterocycles. The summed E-state index contributed by atoms with van der Waals surface area (Å²) in [7, 11) is -3.44. The third-order valence-electron chi connectivity index (χ3n) is 7.18. The van der Waals surface area contributed by atoms with Crippen LogP contribution in [-0.4, -0.2) is 32.5 Å². The molecule has 5 rings (SSSR count). The molecule has 0 aliphatic heterocycles. The standard InChI is InChI=1S/C26H32N4O2S/c31-33(32,29-18-20-10-11-20)30-23-12-15-26(16-13-23,22-7-2-1-3-8-22)19-28-25-24-9-5-4-6-21(24)14-17-27-25/h1-9,14,17,20,23,29-30H,10-13,15-16,18-19H2,(H,27,28)/t23-,26-. The van der Waals surface area contributed by atoms with Crippen LogP contribution in [-0.2, 0) is 15.6 Å². The summed E-state index contributed by atoms with van der Waals surface area (Å²) in [5.74, 6) is 1.42. The number of fused-ring (bicyclic) bond motifs is 1. The first-order chi connectivity index (χ1) is 16.0. The van der Waals surface area contributed by atoms with Crippen molar-refractivity contribution in [1.82, 2.24) is 14.4 Å². The second-order valence-corrected chi connectivity index (χ2v) is 11.1. The molecule has 1 heterocycles. The number of nitrogens with one attached hydrogen (secondary N) is 3. The van der Waals surface area contributed by atoms with Gasteiger partial charge in [-0.3, -0.25) is 0 Å². The maximum atomic E-state index is 12.5. The predicted octanol–water partition coefficient (Wildman–Crippen LogP) is 4.36. The Kier molecular flexibility index (Phi) is 6.36. The van der Waals surface area contributed by atoms with E-state index in [2.05, 4.69) is 56.1 Å². The van der Waals surface area contributed by atoms with Gasteiger partial charge in [0.2, 0.25) is 0 Å². The molecule has 0 amide bonds. The van der Waals surface area contributed by atoms with Crippen molar-refractivity contribution in [3.8, 4) is 0 Å². The summed E-state index contributed by atoms with van der Waals surface area (Å²) < 4.78 is 30.5. The smallest absolute Gasteiger partial charge is 0.277 e. The molecule has 2 aromatic carbocycles. The van der Waals surface area contributed by atoms with Crippen molar-refractivity contribution in [3.05, 3.63) is 72.4 Å². The summed E-state index contributed by atoms with van der Waals surface area (Å²) in [6.07, 6.45) is 7.54. The average molecular weight is 465 g/mol. The third kappa shape index (κ3) is 5.37. The molecule has 174 valence electrons. The van der Waals surface area contributed by atoms with Gasteiger partial charge in [0.25, 0.3) is 10.2 Å². The van der Waals surface area contributed by atoms with E-state index in [1.807, 2.05) is 30.5 Å². The summed E-state index contributed by atoms with van der Waals surface area (Å²) in [6, 6.07) is 20.9. The van der Waals surface area contributed by atoms with E-state index in [9.17, 15) is 8.42 Å². The lowest BCUT2D eigenvalue weighted by atomic mass is 9.68. The minimum atomic E-state index is -3.44. The lowest BCUT2D eigenvalue weighted by Crippen LogP contribution is -2.48. The van der Waals surface area contributed by atoms with Crippen molar-refractivity contribution in [3.63, 3.8) is 0 Å². The van der Waals surface area contributed by atoms with Crippen LogP contribution in [0.4, 0.5) is 5.82 Å². The molecular formula is C26H32N4O2S. The second kappa shape index (κ2) is 9.41. The van der Waals surface area contributed by atoms with Crippen LogP contribution in [0.5, 0.6) is 0 Å². The first-order valence-corrected chi connectivity index (χ1v) is 13.4. The fourth-order valence-corrected chi connectivity index (χ4v) is 6.18. The van der Waals surface area contributed by atoms with Gasteiger partial charge in [-0.2, -0.15) is 13.1 Å². The molecule has 6 nitrogen and oxygen atoms in total. The number of hydrogen-bond acceptors (Lipinski definition) is 4. The molecule has 2 fully saturated rings. The van der Waals surface area contributed by atoms with Crippen LogP contribution in [0.15, 0.2) is 66.9 Å². The van der Waals surface area contributed by atoms with Gasteiger partial charge in [0, 0.05) is 36.1 Å². The van der Waals surface area contributed by atoms with Gasteiger partial charge in [-0.1, -0.05) is 54.6 Å². The highest BCUT2D eigenvalue weighted by Crippen LogP contribution is 2.40. The Bertz CT molecular complexity index is 1180. The van der Waals surface area contributed by atoms with E-state index in [1.165, 1.54) is 10.9 Å². The topological polar surface area (TPSA) is 83.1 Å². The van der Waals surface area contributed by atoms with Crippen molar-refractivity contribution in [2.45, 2.75) is 50.0 Å². The minimum absolute atomic E-state index is 0.0331. The van der Waals surface area contributed by atoms with Gasteiger partial charge in [-0.05, 0) is 61.5 Å². The highest BCUT2D eigenvalue weighted by molar-refractivity contribution is 7.87. The Hall–Kier alpha value is -2.48. The molecule has 0 bridgehead atoms. The van der Waals surface area contributed by atoms with E-state index in [0.717, 1.165) is 56.3 Å². The molecule has 3 N–H and O–H groups in total. The lowest BCUT2D eigenvalue weighted by Gasteiger charge is -2.41. The third-order valence-corrected chi connectivity index (χ3v) is 8.37. The maximum Gasteiger partial charge on any atom is 0.277 e. The fourth-order valence-electron chi connectivity index (χ4n) is 4.97. The molecule has 0 spiro atoms. The van der Waals surface area contributed by atoms with Crippen molar-refractivity contribution in [2.75, 3.05) is 18.4 Å². The van der Waals surface area contributed by atoms with Crippen molar-refractivity contribution in [2.24, 2.45) is 5.92 Å². The van der Waals surface area contributed by atoms with Gasteiger partial charge in [0.05, 0.1) is 0 Å². The van der Waals surface area contributed by atoms with Crippen molar-refractivity contribution in [1.29, 1.82) is 0 Å². The molecule has 0 atom stereocenters. The molecule has 0 unspecified atom stereocenters. The summed E-state index contributed by atoms with van der Waals surface area (Å²) in [6.45, 7) is 1.31. The summed E-state index contributed by atoms with van der Waals surface area (Å²) >= 11 is 0. The molecule has 1 aromatic heterocycles. The summed E-state index contributed by atoms with van der Waals surface area (Å²) in [5.41, 5.74) is 1.23. The Labute approximate surface area is 196 Å². The number of rotatable bonds is 9. The molecule has 2 aliphatic carbocycles. The lowest BCUT2D eigenvalue weighted by molar-refractivity contribution is 0.272. The molecular weight excluding hydrogens is 432 g/mol. The zero-order valence-corrected chi connectivity index (χ0v) is 19.7. The number of aromatic nitrogens is 1. The first kappa shape index (κ1) is 22.3. The number of hydrogen-bond donors (Lipinski definition) is 3. The van der Waals surface area contributed by atoms with E-state index in [0.29, 0.717) is 12.5 Å². The Morgan fingerprint density at radius 2 is 1.64 bits per heavy atom. The second-order valence-electron chi connectivity index (χ2n) is 9.57. The van der Waals surface area contributed by atoms with Crippen LogP contribution in [0.25, 0.3) is 10.8 Å². The van der Waals surface area contributed by atoms with E-state index < -0.39 is 10.2 Å². The SMILES string of the molecule is O=S(=O)(NCC1CC1)N[C@H]1CC[C@](CNc2nccc3ccccc23)(c2ccccc2)CC1. The van der Waals surface area contributed by atoms with Gasteiger partial charge in [0.1, 0.15) is 5.82 Å². The van der Waals surface area contributed by atoms with Gasteiger partial charge < -0.3 is 5.32 Å². The van der Waals surface area contributed by atoms with Crippen LogP contribution in [0, 0.1) is 5.92 Å². The van der Waals surface area contributed by atoms with E-state index in [4.69, 9.17) is 0 Å². The predicted molar refractivity (Wildman–Crippen MR) is 133 cm³/mol. The molecule has 3 aromatic rings. The number of pyridine rings is 1. The largest absolute Gasteiger partial charge is 0.369 e. The maximum absolute atomic E-state index is 12.5. The zero-order valence-electron chi connectivity index (χ0n) is 18.8. The molecule has 2 aliphatic rings. The van der Waals surface area contributed by atoms with Crippen LogP contribution < -0.4 is 14.8 Å². The highest BCUT2D eigenvalue weighted by Gasteiger charge is 2.38.